The molecule has 0 N–H and O–H groups in total. The third-order valence-electron chi connectivity index (χ3n) is 6.61. The second-order valence-corrected chi connectivity index (χ2v) is 8.23. The van der Waals surface area contributed by atoms with Crippen LogP contribution in [0.4, 0.5) is 5.69 Å². The first-order chi connectivity index (χ1) is 12.9. The summed E-state index contributed by atoms with van der Waals surface area (Å²) in [6, 6.07) is 9.86. The van der Waals surface area contributed by atoms with E-state index in [1.54, 1.807) is 0 Å². The van der Waals surface area contributed by atoms with Crippen LogP contribution >= 0.6 is 0 Å². The molecule has 0 bridgehead atoms. The lowest BCUT2D eigenvalue weighted by molar-refractivity contribution is 0.133. The van der Waals surface area contributed by atoms with Crippen molar-refractivity contribution in [3.05, 3.63) is 41.7 Å². The summed E-state index contributed by atoms with van der Waals surface area (Å²) in [5.41, 5.74) is 5.31. The van der Waals surface area contributed by atoms with Gasteiger partial charge in [-0.25, -0.2) is 4.68 Å². The van der Waals surface area contributed by atoms with Crippen molar-refractivity contribution in [3.63, 3.8) is 0 Å². The SMILES string of the molecule is c1cc(-n2cc3c(n2)CCN(C2CCC2)CC3)ccc1N1CCCCC1. The monoisotopic (exact) mass is 350 g/mol. The molecule has 0 radical (unpaired) electrons. The predicted octanol–water partition coefficient (Wildman–Crippen LogP) is 3.82. The van der Waals surface area contributed by atoms with Crippen LogP contribution in [-0.4, -0.2) is 46.9 Å². The molecular weight excluding hydrogens is 320 g/mol. The minimum absolute atomic E-state index is 0.855. The highest BCUT2D eigenvalue weighted by atomic mass is 15.3. The van der Waals surface area contributed by atoms with Gasteiger partial charge in [-0.2, -0.15) is 5.10 Å². The smallest absolute Gasteiger partial charge is 0.0674 e. The second-order valence-electron chi connectivity index (χ2n) is 8.23. The number of piperidine rings is 1. The van der Waals surface area contributed by atoms with Crippen molar-refractivity contribution < 1.29 is 0 Å². The summed E-state index contributed by atoms with van der Waals surface area (Å²) < 4.78 is 2.10. The van der Waals surface area contributed by atoms with E-state index in [0.29, 0.717) is 0 Å². The number of aromatic nitrogens is 2. The van der Waals surface area contributed by atoms with Crippen molar-refractivity contribution in [2.45, 2.75) is 57.4 Å². The molecule has 1 saturated carbocycles. The van der Waals surface area contributed by atoms with E-state index in [1.807, 2.05) is 0 Å². The standard InChI is InChI=1S/C22H30N4/c1-2-13-24(14-3-1)20-7-9-21(10-8-20)26-17-18-11-15-25(19-5-4-6-19)16-12-22(18)23-26/h7-10,17,19H,1-6,11-16H2. The number of hydrogen-bond donors (Lipinski definition) is 0. The Kier molecular flexibility index (Phi) is 4.45. The Bertz CT molecular complexity index is 713. The Labute approximate surface area is 156 Å². The number of nitrogens with zero attached hydrogens (tertiary/aromatic N) is 4. The maximum Gasteiger partial charge on any atom is 0.0674 e. The zero-order chi connectivity index (χ0) is 17.3. The molecule has 0 spiro atoms. The number of hydrogen-bond acceptors (Lipinski definition) is 3. The molecular formula is C22H30N4. The molecule has 1 aromatic heterocycles. The van der Waals surface area contributed by atoms with Gasteiger partial charge in [0.05, 0.1) is 11.4 Å². The summed E-state index contributed by atoms with van der Waals surface area (Å²) in [6.45, 7) is 4.79. The number of anilines is 1. The van der Waals surface area contributed by atoms with Crippen molar-refractivity contribution in [1.82, 2.24) is 14.7 Å². The van der Waals surface area contributed by atoms with E-state index in [-0.39, 0.29) is 0 Å². The van der Waals surface area contributed by atoms with E-state index in [0.717, 1.165) is 18.9 Å². The van der Waals surface area contributed by atoms with Gasteiger partial charge >= 0.3 is 0 Å². The Balaban J connectivity index is 1.29. The van der Waals surface area contributed by atoms with Gasteiger partial charge in [0.2, 0.25) is 0 Å². The molecule has 2 fully saturated rings. The van der Waals surface area contributed by atoms with E-state index < -0.39 is 0 Å². The molecule has 1 aromatic carbocycles. The lowest BCUT2D eigenvalue weighted by Crippen LogP contribution is -2.41. The highest BCUT2D eigenvalue weighted by Crippen LogP contribution is 2.28. The molecule has 1 saturated heterocycles. The largest absolute Gasteiger partial charge is 0.372 e. The van der Waals surface area contributed by atoms with Crippen LogP contribution < -0.4 is 4.90 Å². The molecule has 2 aromatic rings. The second kappa shape index (κ2) is 7.07. The minimum Gasteiger partial charge on any atom is -0.372 e. The van der Waals surface area contributed by atoms with Gasteiger partial charge in [-0.05, 0) is 68.4 Å². The quantitative estimate of drug-likeness (QED) is 0.841. The summed E-state index contributed by atoms with van der Waals surface area (Å²) >= 11 is 0. The van der Waals surface area contributed by atoms with Gasteiger partial charge in [0.25, 0.3) is 0 Å². The van der Waals surface area contributed by atoms with Crippen LogP contribution in [0.1, 0.15) is 49.8 Å². The fraction of sp³-hybridized carbons (Fsp3) is 0.591. The summed E-state index contributed by atoms with van der Waals surface area (Å²) in [7, 11) is 0. The van der Waals surface area contributed by atoms with Gasteiger partial charge in [-0.1, -0.05) is 6.42 Å². The molecule has 1 aliphatic carbocycles. The van der Waals surface area contributed by atoms with E-state index >= 15 is 0 Å². The summed E-state index contributed by atoms with van der Waals surface area (Å²) in [6.07, 6.45) is 12.8. The Morgan fingerprint density at radius 3 is 2.23 bits per heavy atom. The van der Waals surface area contributed by atoms with Crippen molar-refractivity contribution in [3.8, 4) is 5.69 Å². The number of fused-ring (bicyclic) bond motifs is 1. The maximum absolute atomic E-state index is 4.94. The van der Waals surface area contributed by atoms with Crippen molar-refractivity contribution in [2.75, 3.05) is 31.1 Å². The first-order valence-electron chi connectivity index (χ1n) is 10.5. The van der Waals surface area contributed by atoms with Crippen LogP contribution in [0, 0.1) is 0 Å². The zero-order valence-corrected chi connectivity index (χ0v) is 15.7. The Morgan fingerprint density at radius 2 is 1.50 bits per heavy atom. The topological polar surface area (TPSA) is 24.3 Å². The average Bonchev–Trinajstić information content (AvgIpc) is 2.97. The molecule has 26 heavy (non-hydrogen) atoms. The molecule has 0 atom stereocenters. The summed E-state index contributed by atoms with van der Waals surface area (Å²) in [4.78, 5) is 5.21. The minimum atomic E-state index is 0.855. The normalized spacial score (nSPS) is 21.9. The van der Waals surface area contributed by atoms with Gasteiger partial charge in [0, 0.05) is 50.5 Å². The van der Waals surface area contributed by atoms with E-state index in [4.69, 9.17) is 5.10 Å². The van der Waals surface area contributed by atoms with Crippen LogP contribution in [0.25, 0.3) is 5.69 Å². The Hall–Kier alpha value is -1.81. The lowest BCUT2D eigenvalue weighted by atomic mass is 9.91. The van der Waals surface area contributed by atoms with E-state index in [2.05, 4.69) is 44.9 Å². The summed E-state index contributed by atoms with van der Waals surface area (Å²) in [5, 5.41) is 4.94. The van der Waals surface area contributed by atoms with Crippen LogP contribution in [0.15, 0.2) is 30.5 Å². The van der Waals surface area contributed by atoms with Gasteiger partial charge in [0.1, 0.15) is 0 Å². The Morgan fingerprint density at radius 1 is 0.769 bits per heavy atom. The van der Waals surface area contributed by atoms with Crippen molar-refractivity contribution >= 4 is 5.69 Å². The highest BCUT2D eigenvalue weighted by molar-refractivity contribution is 5.51. The van der Waals surface area contributed by atoms with Crippen LogP contribution in [0.5, 0.6) is 0 Å². The average molecular weight is 351 g/mol. The molecule has 138 valence electrons. The highest BCUT2D eigenvalue weighted by Gasteiger charge is 2.27. The van der Waals surface area contributed by atoms with Gasteiger partial charge < -0.3 is 4.90 Å². The molecule has 3 heterocycles. The first kappa shape index (κ1) is 16.4. The summed E-state index contributed by atoms with van der Waals surface area (Å²) in [5.74, 6) is 0. The molecule has 5 rings (SSSR count). The first-order valence-corrected chi connectivity index (χ1v) is 10.5. The third kappa shape index (κ3) is 3.16. The molecule has 4 heteroatoms. The fourth-order valence-electron chi connectivity index (χ4n) is 4.71. The van der Waals surface area contributed by atoms with Gasteiger partial charge in [-0.3, -0.25) is 4.90 Å². The van der Waals surface area contributed by atoms with Crippen molar-refractivity contribution in [2.24, 2.45) is 0 Å². The maximum atomic E-state index is 4.94. The molecule has 0 unspecified atom stereocenters. The number of rotatable bonds is 3. The van der Waals surface area contributed by atoms with Crippen LogP contribution in [-0.2, 0) is 12.8 Å². The number of benzene rings is 1. The molecule has 2 aliphatic heterocycles. The van der Waals surface area contributed by atoms with E-state index in [1.165, 1.54) is 87.3 Å². The van der Waals surface area contributed by atoms with Crippen LogP contribution in [0.3, 0.4) is 0 Å². The van der Waals surface area contributed by atoms with Crippen molar-refractivity contribution in [1.29, 1.82) is 0 Å². The molecule has 0 amide bonds. The lowest BCUT2D eigenvalue weighted by Gasteiger charge is -2.36. The molecule has 4 nitrogen and oxygen atoms in total. The van der Waals surface area contributed by atoms with E-state index in [9.17, 15) is 0 Å². The van der Waals surface area contributed by atoms with Gasteiger partial charge in [0.15, 0.2) is 0 Å². The van der Waals surface area contributed by atoms with Gasteiger partial charge in [-0.15, -0.1) is 0 Å². The zero-order valence-electron chi connectivity index (χ0n) is 15.7. The molecule has 3 aliphatic rings. The fourth-order valence-corrected chi connectivity index (χ4v) is 4.71. The third-order valence-corrected chi connectivity index (χ3v) is 6.61. The van der Waals surface area contributed by atoms with Crippen LogP contribution in [0.2, 0.25) is 0 Å². The predicted molar refractivity (Wildman–Crippen MR) is 106 cm³/mol.